The lowest BCUT2D eigenvalue weighted by atomic mass is 10.0. The zero-order valence-electron chi connectivity index (χ0n) is 19.3. The molecule has 2 heterocycles. The van der Waals surface area contributed by atoms with Crippen molar-refractivity contribution in [3.63, 3.8) is 0 Å². The predicted octanol–water partition coefficient (Wildman–Crippen LogP) is 3.56. The van der Waals surface area contributed by atoms with Crippen LogP contribution in [0.3, 0.4) is 0 Å². The first-order valence-corrected chi connectivity index (χ1v) is 11.1. The maximum atomic E-state index is 12.0. The summed E-state index contributed by atoms with van der Waals surface area (Å²) in [6.07, 6.45) is -1.09. The lowest BCUT2D eigenvalue weighted by Crippen LogP contribution is -2.55. The fourth-order valence-electron chi connectivity index (χ4n) is 4.41. The number of ether oxygens (including phenoxy) is 4. The number of carbonyl (C=O) groups excluding carboxylic acids is 3. The summed E-state index contributed by atoms with van der Waals surface area (Å²) < 4.78 is 24.4. The molecule has 8 nitrogen and oxygen atoms in total. The fourth-order valence-corrected chi connectivity index (χ4v) is 4.41. The van der Waals surface area contributed by atoms with Gasteiger partial charge in [-0.25, -0.2) is 0 Å². The molecule has 3 aromatic rings. The Morgan fingerprint density at radius 2 is 1.47 bits per heavy atom. The summed E-state index contributed by atoms with van der Waals surface area (Å²) in [7, 11) is 0. The molecule has 0 radical (unpaired) electrons. The maximum absolute atomic E-state index is 12.0. The zero-order valence-corrected chi connectivity index (χ0v) is 19.3. The third kappa shape index (κ3) is 5.12. The monoisotopic (exact) mass is 465 g/mol. The Hall–Kier alpha value is -3.65. The zero-order chi connectivity index (χ0) is 24.2. The van der Waals surface area contributed by atoms with E-state index in [2.05, 4.69) is 12.1 Å². The van der Waals surface area contributed by atoms with Gasteiger partial charge in [0.15, 0.2) is 24.5 Å². The average molecular weight is 466 g/mol. The topological polar surface area (TPSA) is 93.1 Å². The minimum absolute atomic E-state index is 0.0273. The van der Waals surface area contributed by atoms with Gasteiger partial charge in [0.05, 0.1) is 12.1 Å². The van der Waals surface area contributed by atoms with Crippen LogP contribution in [0, 0.1) is 0 Å². The molecule has 0 unspecified atom stereocenters. The molecule has 0 spiro atoms. The molecular weight excluding hydrogens is 438 g/mol. The standard InChI is InChI=1S/C26H27NO7/c1-16(28)32-23-15-31-26(25(34-18(3)30)24(23)33-17(2)29)27-14-20(13-19-9-5-4-6-10-19)21-11-7-8-12-22(21)27/h4-12,14,23-26H,13,15H2,1-3H3/t23-,24+,25-,26-/m1/s1. The molecule has 178 valence electrons. The van der Waals surface area contributed by atoms with Gasteiger partial charge < -0.3 is 23.5 Å². The van der Waals surface area contributed by atoms with Crippen LogP contribution in [0.25, 0.3) is 10.9 Å². The molecule has 1 fully saturated rings. The summed E-state index contributed by atoms with van der Waals surface area (Å²) in [5, 5.41) is 1.03. The first-order valence-electron chi connectivity index (χ1n) is 11.1. The average Bonchev–Trinajstić information content (AvgIpc) is 3.14. The Balaban J connectivity index is 1.76. The van der Waals surface area contributed by atoms with E-state index in [1.54, 1.807) is 0 Å². The number of carbonyl (C=O) groups is 3. The first kappa shape index (κ1) is 23.5. The quantitative estimate of drug-likeness (QED) is 0.406. The molecule has 4 atom stereocenters. The first-order chi connectivity index (χ1) is 16.3. The number of hydrogen-bond donors (Lipinski definition) is 0. The third-order valence-corrected chi connectivity index (χ3v) is 5.66. The van der Waals surface area contributed by atoms with E-state index >= 15 is 0 Å². The van der Waals surface area contributed by atoms with Gasteiger partial charge in [0.2, 0.25) is 0 Å². The second kappa shape index (κ2) is 10.1. The van der Waals surface area contributed by atoms with Crippen molar-refractivity contribution in [2.45, 2.75) is 51.7 Å². The van der Waals surface area contributed by atoms with Gasteiger partial charge in [-0.2, -0.15) is 0 Å². The largest absolute Gasteiger partial charge is 0.456 e. The number of hydrogen-bond acceptors (Lipinski definition) is 7. The molecule has 1 aliphatic heterocycles. The van der Waals surface area contributed by atoms with E-state index < -0.39 is 42.4 Å². The molecule has 0 bridgehead atoms. The lowest BCUT2D eigenvalue weighted by molar-refractivity contribution is -0.239. The van der Waals surface area contributed by atoms with Crippen LogP contribution < -0.4 is 0 Å². The fraction of sp³-hybridized carbons (Fsp3) is 0.346. The number of nitrogens with zero attached hydrogens (tertiary/aromatic N) is 1. The molecule has 0 N–H and O–H groups in total. The molecule has 1 saturated heterocycles. The summed E-state index contributed by atoms with van der Waals surface area (Å²) in [4.78, 5) is 35.6. The summed E-state index contributed by atoms with van der Waals surface area (Å²) in [6, 6.07) is 17.9. The Kier molecular flexibility index (Phi) is 6.98. The van der Waals surface area contributed by atoms with Crippen molar-refractivity contribution in [1.29, 1.82) is 0 Å². The van der Waals surface area contributed by atoms with E-state index in [-0.39, 0.29) is 6.61 Å². The predicted molar refractivity (Wildman–Crippen MR) is 123 cm³/mol. The van der Waals surface area contributed by atoms with Gasteiger partial charge in [0, 0.05) is 32.4 Å². The van der Waals surface area contributed by atoms with E-state index in [0.29, 0.717) is 6.42 Å². The van der Waals surface area contributed by atoms with Gasteiger partial charge in [-0.1, -0.05) is 48.5 Å². The van der Waals surface area contributed by atoms with Crippen LogP contribution in [0.2, 0.25) is 0 Å². The van der Waals surface area contributed by atoms with E-state index in [1.165, 1.54) is 20.8 Å². The van der Waals surface area contributed by atoms with Gasteiger partial charge >= 0.3 is 17.9 Å². The molecular formula is C26H27NO7. The number of benzene rings is 2. The summed E-state index contributed by atoms with van der Waals surface area (Å²) in [6.45, 7) is 3.75. The minimum Gasteiger partial charge on any atom is -0.456 e. The Morgan fingerprint density at radius 3 is 2.15 bits per heavy atom. The van der Waals surface area contributed by atoms with Crippen molar-refractivity contribution in [1.82, 2.24) is 4.57 Å². The third-order valence-electron chi connectivity index (χ3n) is 5.66. The van der Waals surface area contributed by atoms with Crippen molar-refractivity contribution in [2.75, 3.05) is 6.61 Å². The SMILES string of the molecule is CC(=O)O[C@@H]1[C@@H](OC(C)=O)[C@H](OC(C)=O)CO[C@H]1n1cc(Cc2ccccc2)c2ccccc21. The van der Waals surface area contributed by atoms with Crippen LogP contribution in [0.1, 0.15) is 38.1 Å². The van der Waals surface area contributed by atoms with Crippen LogP contribution >= 0.6 is 0 Å². The highest BCUT2D eigenvalue weighted by Crippen LogP contribution is 2.35. The Labute approximate surface area is 197 Å². The Morgan fingerprint density at radius 1 is 0.853 bits per heavy atom. The normalized spacial score (nSPS) is 22.2. The molecule has 1 aromatic heterocycles. The molecule has 8 heteroatoms. The van der Waals surface area contributed by atoms with Crippen LogP contribution in [-0.2, 0) is 39.8 Å². The second-order valence-electron chi connectivity index (χ2n) is 8.26. The van der Waals surface area contributed by atoms with Gasteiger partial charge in [-0.3, -0.25) is 14.4 Å². The van der Waals surface area contributed by atoms with Crippen LogP contribution in [0.15, 0.2) is 60.8 Å². The smallest absolute Gasteiger partial charge is 0.303 e. The highest BCUT2D eigenvalue weighted by atomic mass is 16.6. The highest BCUT2D eigenvalue weighted by molar-refractivity contribution is 5.84. The van der Waals surface area contributed by atoms with Crippen LogP contribution in [0.4, 0.5) is 0 Å². The Bertz CT molecular complexity index is 1190. The van der Waals surface area contributed by atoms with E-state index in [9.17, 15) is 14.4 Å². The van der Waals surface area contributed by atoms with Gasteiger partial charge in [-0.05, 0) is 23.6 Å². The molecule has 2 aromatic carbocycles. The molecule has 4 rings (SSSR count). The summed E-state index contributed by atoms with van der Waals surface area (Å²) in [5.74, 6) is -1.70. The van der Waals surface area contributed by atoms with Crippen molar-refractivity contribution < 1.29 is 33.3 Å². The number of fused-ring (bicyclic) bond motifs is 1. The number of esters is 3. The minimum atomic E-state index is -1.03. The second-order valence-corrected chi connectivity index (χ2v) is 8.26. The summed E-state index contributed by atoms with van der Waals surface area (Å²) >= 11 is 0. The van der Waals surface area contributed by atoms with E-state index in [0.717, 1.165) is 22.0 Å². The van der Waals surface area contributed by atoms with Crippen LogP contribution in [-0.4, -0.2) is 47.4 Å². The molecule has 1 aliphatic rings. The van der Waals surface area contributed by atoms with Crippen LogP contribution in [0.5, 0.6) is 0 Å². The molecule has 0 aliphatic carbocycles. The van der Waals surface area contributed by atoms with Gasteiger partial charge in [-0.15, -0.1) is 0 Å². The van der Waals surface area contributed by atoms with Crippen molar-refractivity contribution in [2.24, 2.45) is 0 Å². The number of para-hydroxylation sites is 1. The number of aromatic nitrogens is 1. The molecule has 34 heavy (non-hydrogen) atoms. The highest BCUT2D eigenvalue weighted by Gasteiger charge is 2.48. The maximum Gasteiger partial charge on any atom is 0.303 e. The molecule has 0 amide bonds. The number of rotatable bonds is 6. The van der Waals surface area contributed by atoms with E-state index in [4.69, 9.17) is 18.9 Å². The van der Waals surface area contributed by atoms with Crippen molar-refractivity contribution in [3.05, 3.63) is 71.9 Å². The van der Waals surface area contributed by atoms with Crippen molar-refractivity contribution >= 4 is 28.8 Å². The molecule has 0 saturated carbocycles. The van der Waals surface area contributed by atoms with Gasteiger partial charge in [0.1, 0.15) is 0 Å². The van der Waals surface area contributed by atoms with Gasteiger partial charge in [0.25, 0.3) is 0 Å². The lowest BCUT2D eigenvalue weighted by Gasteiger charge is -2.41. The van der Waals surface area contributed by atoms with Crippen molar-refractivity contribution in [3.8, 4) is 0 Å². The van der Waals surface area contributed by atoms with E-state index in [1.807, 2.05) is 53.2 Å². The summed E-state index contributed by atoms with van der Waals surface area (Å²) in [5.41, 5.74) is 3.10.